The fourth-order valence-corrected chi connectivity index (χ4v) is 11.7. The average molecular weight is 1070 g/mol. The van der Waals surface area contributed by atoms with Crippen molar-refractivity contribution in [3.63, 3.8) is 0 Å². The molecular weight excluding hydrogens is 994 g/mol. The molecule has 65 heavy (non-hydrogen) atoms. The van der Waals surface area contributed by atoms with Gasteiger partial charge in [0, 0.05) is 22.3 Å². The van der Waals surface area contributed by atoms with Crippen molar-refractivity contribution >= 4 is 55.0 Å². The molecule has 364 valence electrons. The van der Waals surface area contributed by atoms with E-state index >= 15 is 0 Å². The Morgan fingerprint density at radius 1 is 0.877 bits per heavy atom. The van der Waals surface area contributed by atoms with E-state index in [9.17, 15) is 23.3 Å². The lowest BCUT2D eigenvalue weighted by Crippen LogP contribution is -2.48. The normalized spacial score (nSPS) is 18.5. The predicted octanol–water partition coefficient (Wildman–Crippen LogP) is 12.9. The van der Waals surface area contributed by atoms with E-state index < -0.39 is 73.2 Å². The molecule has 17 heteroatoms. The van der Waals surface area contributed by atoms with Crippen LogP contribution in [0.5, 0.6) is 5.88 Å². The zero-order valence-electron chi connectivity index (χ0n) is 42.3. The zero-order chi connectivity index (χ0) is 49.6. The molecule has 1 aliphatic rings. The molecule has 2 heterocycles. The Labute approximate surface area is 404 Å². The van der Waals surface area contributed by atoms with Gasteiger partial charge < -0.3 is 22.5 Å². The maximum Gasteiger partial charge on any atom is 0.353 e. The number of benzene rings is 2. The molecule has 4 rings (SSSR count). The summed E-state index contributed by atoms with van der Waals surface area (Å²) in [6.45, 7) is 39.3. The summed E-state index contributed by atoms with van der Waals surface area (Å²) in [4.78, 5) is 30.7. The Morgan fingerprint density at radius 3 is 1.91 bits per heavy atom. The fraction of sp³-hybridized carbons (Fsp3) is 0.667. The number of rotatable bonds is 17. The molecule has 1 saturated heterocycles. The molecular formula is C48H76IN3O10SSi2. The van der Waals surface area contributed by atoms with Gasteiger partial charge in [-0.25, -0.2) is 4.79 Å². The SMILES string of the molecule is CC(C)c1cc(C(C)C)c(S(=O)(=O)Oc2nc(=O)n([C@H]3C[C@@H](O[Si](C)(C)C(C)(C)C)[C@@H](CO[Si](C)(C)C(C)(C)C)O3)cc2CO[C@@H](c2ccc(I)cc2[N+](=O)[O-])C(C)(C)C)c(C(C)C)c1. The molecule has 0 amide bonds. The van der Waals surface area contributed by atoms with Crippen LogP contribution in [0.4, 0.5) is 5.69 Å². The van der Waals surface area contributed by atoms with Crippen LogP contribution in [-0.4, -0.2) is 58.3 Å². The number of halogens is 1. The minimum absolute atomic E-state index is 0.0427. The summed E-state index contributed by atoms with van der Waals surface area (Å²) >= 11 is 2.04. The molecule has 0 saturated carbocycles. The number of nitro benzene ring substituents is 1. The molecule has 13 nitrogen and oxygen atoms in total. The molecule has 0 bridgehead atoms. The van der Waals surface area contributed by atoms with Gasteiger partial charge in [-0.05, 0) is 111 Å². The maximum atomic E-state index is 14.8. The van der Waals surface area contributed by atoms with E-state index in [0.29, 0.717) is 26.7 Å². The summed E-state index contributed by atoms with van der Waals surface area (Å²) in [5, 5.41) is 12.2. The van der Waals surface area contributed by atoms with Crippen LogP contribution in [-0.2, 0) is 35.1 Å². The van der Waals surface area contributed by atoms with Gasteiger partial charge in [-0.1, -0.05) is 116 Å². The summed E-state index contributed by atoms with van der Waals surface area (Å²) < 4.78 is 64.7. The first kappa shape index (κ1) is 55.1. The van der Waals surface area contributed by atoms with Crippen molar-refractivity contribution in [1.29, 1.82) is 0 Å². The molecule has 0 radical (unpaired) electrons. The monoisotopic (exact) mass is 1070 g/mol. The predicted molar refractivity (Wildman–Crippen MR) is 272 cm³/mol. The Morgan fingerprint density at radius 2 is 1.43 bits per heavy atom. The second kappa shape index (κ2) is 20.2. The number of nitrogens with zero attached hydrogens (tertiary/aromatic N) is 3. The number of hydrogen-bond acceptors (Lipinski definition) is 11. The Kier molecular flexibility index (Phi) is 17.1. The number of hydrogen-bond donors (Lipinski definition) is 0. The molecule has 3 aromatic rings. The van der Waals surface area contributed by atoms with Gasteiger partial charge in [0.1, 0.15) is 17.2 Å². The lowest BCUT2D eigenvalue weighted by atomic mass is 9.84. The second-order valence-corrected chi connectivity index (χ2v) is 35.0. The quantitative estimate of drug-likeness (QED) is 0.0416. The number of ether oxygens (including phenoxy) is 2. The molecule has 0 aliphatic carbocycles. The van der Waals surface area contributed by atoms with Gasteiger partial charge >= 0.3 is 15.8 Å². The van der Waals surface area contributed by atoms with Gasteiger partial charge in [-0.2, -0.15) is 13.4 Å². The number of nitro groups is 1. The van der Waals surface area contributed by atoms with Crippen molar-refractivity contribution < 1.29 is 35.8 Å². The second-order valence-electron chi connectivity index (χ2n) is 22.7. The molecule has 4 atom stereocenters. The van der Waals surface area contributed by atoms with Crippen molar-refractivity contribution in [1.82, 2.24) is 9.55 Å². The van der Waals surface area contributed by atoms with Crippen LogP contribution in [0.2, 0.25) is 36.3 Å². The van der Waals surface area contributed by atoms with Gasteiger partial charge in [-0.15, -0.1) is 0 Å². The highest BCUT2D eigenvalue weighted by atomic mass is 127. The largest absolute Gasteiger partial charge is 0.414 e. The topological polar surface area (TPSA) is 158 Å². The van der Waals surface area contributed by atoms with Crippen molar-refractivity contribution in [2.75, 3.05) is 6.61 Å². The van der Waals surface area contributed by atoms with Crippen LogP contribution >= 0.6 is 22.6 Å². The van der Waals surface area contributed by atoms with E-state index in [-0.39, 0.29) is 57.2 Å². The molecule has 1 aromatic heterocycles. The Bertz CT molecular complexity index is 2330. The standard InChI is InChI=1S/C48H76IN3O10SSi2/c1-29(2)32-22-36(30(3)4)42(37(23-32)31(5)6)63(56,57)61-44-33(27-58-43(46(7,8)9)35-21-20-34(49)24-38(35)52(54)55)26-51(45(53)50-44)41-25-39(62-65(18,19)48(13,14)15)40(60-41)28-59-64(16,17)47(10,11)12/h20-24,26,29-31,39-41,43H,25,27-28H2,1-19H3/t39-,40-,41-,43+/m1/s1. The first-order valence-corrected chi connectivity index (χ1v) is 31.1. The lowest BCUT2D eigenvalue weighted by molar-refractivity contribution is -0.386. The van der Waals surface area contributed by atoms with Crippen molar-refractivity contribution in [3.8, 4) is 5.88 Å². The van der Waals surface area contributed by atoms with Gasteiger partial charge in [0.05, 0.1) is 41.5 Å². The average Bonchev–Trinajstić information content (AvgIpc) is 3.54. The van der Waals surface area contributed by atoms with Crippen LogP contribution in [0.25, 0.3) is 0 Å². The molecule has 0 unspecified atom stereocenters. The highest BCUT2D eigenvalue weighted by Crippen LogP contribution is 2.45. The third kappa shape index (κ3) is 13.0. The molecule has 1 aliphatic heterocycles. The first-order chi connectivity index (χ1) is 29.5. The van der Waals surface area contributed by atoms with E-state index in [1.54, 1.807) is 12.1 Å². The van der Waals surface area contributed by atoms with Crippen LogP contribution in [0.15, 0.2) is 46.2 Å². The maximum absolute atomic E-state index is 14.8. The fourth-order valence-electron chi connectivity index (χ4n) is 7.28. The first-order valence-electron chi connectivity index (χ1n) is 22.8. The van der Waals surface area contributed by atoms with Crippen molar-refractivity contribution in [2.24, 2.45) is 5.41 Å². The van der Waals surface area contributed by atoms with Crippen molar-refractivity contribution in [2.45, 2.75) is 200 Å². The molecule has 0 spiro atoms. The van der Waals surface area contributed by atoms with Gasteiger partial charge in [0.2, 0.25) is 5.88 Å². The van der Waals surface area contributed by atoms with Crippen LogP contribution < -0.4 is 9.87 Å². The molecule has 0 N–H and O–H groups in total. The summed E-state index contributed by atoms with van der Waals surface area (Å²) in [5.74, 6) is -0.674. The highest BCUT2D eigenvalue weighted by Gasteiger charge is 2.47. The van der Waals surface area contributed by atoms with E-state index in [1.807, 2.05) is 83.2 Å². The summed E-state index contributed by atoms with van der Waals surface area (Å²) in [6.07, 6.45) is -0.858. The lowest BCUT2D eigenvalue weighted by Gasteiger charge is -2.40. The summed E-state index contributed by atoms with van der Waals surface area (Å²) in [7, 11) is -9.20. The van der Waals surface area contributed by atoms with Crippen LogP contribution in [0.3, 0.4) is 0 Å². The van der Waals surface area contributed by atoms with E-state index in [0.717, 1.165) is 5.56 Å². The smallest absolute Gasteiger partial charge is 0.353 e. The molecule has 2 aromatic carbocycles. The minimum atomic E-state index is -4.62. The summed E-state index contributed by atoms with van der Waals surface area (Å²) in [6, 6.07) is 8.79. The third-order valence-electron chi connectivity index (χ3n) is 13.3. The van der Waals surface area contributed by atoms with Crippen LogP contribution in [0, 0.1) is 19.1 Å². The van der Waals surface area contributed by atoms with E-state index in [2.05, 4.69) is 86.6 Å². The van der Waals surface area contributed by atoms with E-state index in [4.69, 9.17) is 22.5 Å². The summed E-state index contributed by atoms with van der Waals surface area (Å²) in [5.41, 5.74) is 1.12. The van der Waals surface area contributed by atoms with Gasteiger partial charge in [-0.3, -0.25) is 14.7 Å². The van der Waals surface area contributed by atoms with Gasteiger partial charge in [0.15, 0.2) is 16.6 Å². The molecule has 1 fully saturated rings. The van der Waals surface area contributed by atoms with E-state index in [1.165, 1.54) is 16.8 Å². The third-order valence-corrected chi connectivity index (χ3v) is 24.4. The minimum Gasteiger partial charge on any atom is -0.414 e. The Balaban J connectivity index is 1.93. The zero-order valence-corrected chi connectivity index (χ0v) is 47.3. The highest BCUT2D eigenvalue weighted by molar-refractivity contribution is 14.1. The van der Waals surface area contributed by atoms with Crippen LogP contribution in [0.1, 0.15) is 168 Å². The number of aromatic nitrogens is 2. The Hall–Kier alpha value is -2.53. The van der Waals surface area contributed by atoms with Gasteiger partial charge in [0.25, 0.3) is 5.69 Å². The van der Waals surface area contributed by atoms with Crippen molar-refractivity contribution in [3.05, 3.63) is 88.5 Å².